The number of thiophene rings is 2. The van der Waals surface area contributed by atoms with Gasteiger partial charge in [-0.05, 0) is 61.7 Å². The van der Waals surface area contributed by atoms with Gasteiger partial charge in [0.2, 0.25) is 0 Å². The van der Waals surface area contributed by atoms with Crippen molar-refractivity contribution >= 4 is 46.6 Å². The highest BCUT2D eigenvalue weighted by molar-refractivity contribution is 7.96. The first-order chi connectivity index (χ1) is 17.2. The van der Waals surface area contributed by atoms with E-state index in [1.165, 1.54) is 54.2 Å². The number of amides is 2. The third-order valence-electron chi connectivity index (χ3n) is 7.11. The Morgan fingerprint density at radius 3 is 1.89 bits per heavy atom. The summed E-state index contributed by atoms with van der Waals surface area (Å²) in [5.41, 5.74) is 0.317. The molecule has 0 aliphatic carbocycles. The second-order valence-electron chi connectivity index (χ2n) is 9.46. The third kappa shape index (κ3) is 6.31. The van der Waals surface area contributed by atoms with Gasteiger partial charge in [-0.15, -0.1) is 22.7 Å². The minimum Gasteiger partial charge on any atom is -0.376 e. The number of hydrogen-bond donors (Lipinski definition) is 0. The number of rotatable bonds is 8. The van der Waals surface area contributed by atoms with Crippen molar-refractivity contribution < 1.29 is 9.59 Å². The molecule has 2 aromatic rings. The lowest BCUT2D eigenvalue weighted by Gasteiger charge is -2.40. The first kappa shape index (κ1) is 24.9. The largest absolute Gasteiger partial charge is 0.376 e. The molecule has 2 aromatic heterocycles. The van der Waals surface area contributed by atoms with Gasteiger partial charge in [-0.1, -0.05) is 18.6 Å². The third-order valence-corrected chi connectivity index (χ3v) is 10.1. The van der Waals surface area contributed by atoms with Gasteiger partial charge in [0, 0.05) is 61.0 Å². The van der Waals surface area contributed by atoms with E-state index in [2.05, 4.69) is 32.7 Å². The molecule has 0 spiro atoms. The zero-order valence-electron chi connectivity index (χ0n) is 20.1. The topological polar surface area (TPSA) is 47.1 Å². The second kappa shape index (κ2) is 12.0. The molecule has 3 fully saturated rings. The Morgan fingerprint density at radius 1 is 0.800 bits per heavy atom. The quantitative estimate of drug-likeness (QED) is 0.282. The maximum atomic E-state index is 13.4. The van der Waals surface area contributed by atoms with Gasteiger partial charge < -0.3 is 9.80 Å². The van der Waals surface area contributed by atoms with Crippen LogP contribution in [0.2, 0.25) is 0 Å². The van der Waals surface area contributed by atoms with Crippen molar-refractivity contribution in [3.05, 3.63) is 56.6 Å². The van der Waals surface area contributed by atoms with Gasteiger partial charge >= 0.3 is 0 Å². The van der Waals surface area contributed by atoms with Crippen LogP contribution in [0.15, 0.2) is 46.8 Å². The average Bonchev–Trinajstić information content (AvgIpc) is 3.61. The van der Waals surface area contributed by atoms with Crippen LogP contribution in [-0.4, -0.2) is 75.5 Å². The number of piperidine rings is 2. The summed E-state index contributed by atoms with van der Waals surface area (Å²) in [6, 6.07) is 8.93. The molecule has 35 heavy (non-hydrogen) atoms. The molecule has 0 aromatic carbocycles. The summed E-state index contributed by atoms with van der Waals surface area (Å²) in [6.45, 7) is 5.45. The normalized spacial score (nSPS) is 20.7. The molecule has 3 saturated heterocycles. The van der Waals surface area contributed by atoms with Crippen LogP contribution in [-0.2, 0) is 22.4 Å². The Bertz CT molecular complexity index is 936. The molecule has 0 unspecified atom stereocenters. The predicted molar refractivity (Wildman–Crippen MR) is 145 cm³/mol. The monoisotopic (exact) mass is 530 g/mol. The summed E-state index contributed by atoms with van der Waals surface area (Å²) in [5.74, 6) is -0.302. The highest BCUT2D eigenvalue weighted by Crippen LogP contribution is 2.30. The van der Waals surface area contributed by atoms with E-state index in [0.717, 1.165) is 38.8 Å². The van der Waals surface area contributed by atoms with Gasteiger partial charge in [-0.3, -0.25) is 18.2 Å². The van der Waals surface area contributed by atoms with Gasteiger partial charge in [0.1, 0.15) is 5.57 Å². The Morgan fingerprint density at radius 2 is 1.37 bits per heavy atom. The minimum atomic E-state index is -0.151. The highest BCUT2D eigenvalue weighted by atomic mass is 32.2. The molecule has 3 aliphatic rings. The Labute approximate surface area is 220 Å². The molecular weight excluding hydrogens is 497 g/mol. The molecule has 2 amide bonds. The molecule has 0 saturated carbocycles. The molecule has 0 N–H and O–H groups in total. The predicted octanol–water partition coefficient (Wildman–Crippen LogP) is 4.66. The van der Waals surface area contributed by atoms with Crippen LogP contribution in [0.1, 0.15) is 41.9 Å². The summed E-state index contributed by atoms with van der Waals surface area (Å²) in [4.78, 5) is 34.2. The van der Waals surface area contributed by atoms with Crippen molar-refractivity contribution in [2.75, 3.05) is 39.3 Å². The van der Waals surface area contributed by atoms with Crippen molar-refractivity contribution in [1.29, 1.82) is 0 Å². The molecule has 5 rings (SSSR count). The van der Waals surface area contributed by atoms with Gasteiger partial charge in [0.25, 0.3) is 11.8 Å². The van der Waals surface area contributed by atoms with Crippen LogP contribution in [0.3, 0.4) is 0 Å². The fourth-order valence-electron chi connectivity index (χ4n) is 5.13. The van der Waals surface area contributed by atoms with E-state index in [0.29, 0.717) is 24.7 Å². The molecular formula is C26H34N4O2S3. The van der Waals surface area contributed by atoms with Crippen molar-refractivity contribution in [3.8, 4) is 0 Å². The van der Waals surface area contributed by atoms with Gasteiger partial charge in [0.15, 0.2) is 0 Å². The van der Waals surface area contributed by atoms with Crippen molar-refractivity contribution in [1.82, 2.24) is 18.4 Å². The zero-order valence-corrected chi connectivity index (χ0v) is 22.6. The lowest BCUT2D eigenvalue weighted by atomic mass is 10.00. The molecule has 6 nitrogen and oxygen atoms in total. The van der Waals surface area contributed by atoms with E-state index in [1.54, 1.807) is 31.3 Å². The van der Waals surface area contributed by atoms with Gasteiger partial charge in [0.05, 0.1) is 12.1 Å². The summed E-state index contributed by atoms with van der Waals surface area (Å²) in [7, 11) is 0. The Kier molecular flexibility index (Phi) is 8.49. The van der Waals surface area contributed by atoms with Crippen LogP contribution in [0.25, 0.3) is 0 Å². The van der Waals surface area contributed by atoms with Crippen LogP contribution >= 0.6 is 34.8 Å². The summed E-state index contributed by atoms with van der Waals surface area (Å²) in [5, 5.41) is 4.13. The van der Waals surface area contributed by atoms with E-state index in [4.69, 9.17) is 0 Å². The summed E-state index contributed by atoms with van der Waals surface area (Å²) < 4.78 is 3.56. The first-order valence-electron chi connectivity index (χ1n) is 12.7. The lowest BCUT2D eigenvalue weighted by molar-refractivity contribution is -0.131. The maximum Gasteiger partial charge on any atom is 0.272 e. The molecule has 9 heteroatoms. The number of nitrogens with zero attached hydrogens (tertiary/aromatic N) is 4. The lowest BCUT2D eigenvalue weighted by Crippen LogP contribution is -2.47. The van der Waals surface area contributed by atoms with Crippen LogP contribution in [0, 0.1) is 0 Å². The van der Waals surface area contributed by atoms with Gasteiger partial charge in [-0.2, -0.15) is 0 Å². The van der Waals surface area contributed by atoms with E-state index in [-0.39, 0.29) is 11.8 Å². The summed E-state index contributed by atoms with van der Waals surface area (Å²) in [6.07, 6.45) is 9.66. The number of carbonyl (C=O) groups is 2. The molecule has 0 bridgehead atoms. The molecule has 5 heterocycles. The highest BCUT2D eigenvalue weighted by Gasteiger charge is 2.37. The fourth-order valence-corrected chi connectivity index (χ4v) is 7.45. The van der Waals surface area contributed by atoms with Crippen LogP contribution in [0.4, 0.5) is 0 Å². The smallest absolute Gasteiger partial charge is 0.272 e. The SMILES string of the molecule is O=C1C(=CN2CCC(N3CCCCC3)CC2)C(=O)N(CCc2cccs2)SN1CCc1cccs1. The number of hydrogen-bond acceptors (Lipinski definition) is 7. The summed E-state index contributed by atoms with van der Waals surface area (Å²) >= 11 is 4.71. The Hall–Kier alpha value is -1.81. The zero-order chi connectivity index (χ0) is 24.0. The molecule has 0 atom stereocenters. The fraction of sp³-hybridized carbons (Fsp3) is 0.538. The second-order valence-corrected chi connectivity index (χ2v) is 12.6. The molecule has 3 aliphatic heterocycles. The first-order valence-corrected chi connectivity index (χ1v) is 15.2. The Balaban J connectivity index is 1.26. The minimum absolute atomic E-state index is 0.151. The maximum absolute atomic E-state index is 13.4. The molecule has 188 valence electrons. The molecule has 0 radical (unpaired) electrons. The van der Waals surface area contributed by atoms with E-state index in [9.17, 15) is 9.59 Å². The van der Waals surface area contributed by atoms with Crippen molar-refractivity contribution in [2.45, 2.75) is 51.0 Å². The standard InChI is InChI=1S/C26H34N4O2S3/c31-25-24(20-27-14-8-21(9-15-27)28-12-2-1-3-13-28)26(32)30(17-11-23-7-5-19-34-23)35-29(25)16-10-22-6-4-18-33-22/h4-7,18-21H,1-3,8-17H2. The number of likely N-dealkylation sites (tertiary alicyclic amines) is 2. The van der Waals surface area contributed by atoms with Crippen LogP contribution in [0.5, 0.6) is 0 Å². The van der Waals surface area contributed by atoms with Crippen LogP contribution < -0.4 is 0 Å². The van der Waals surface area contributed by atoms with E-state index in [1.807, 2.05) is 18.3 Å². The average molecular weight is 531 g/mol. The van der Waals surface area contributed by atoms with Crippen molar-refractivity contribution in [3.63, 3.8) is 0 Å². The van der Waals surface area contributed by atoms with Crippen molar-refractivity contribution in [2.24, 2.45) is 0 Å². The van der Waals surface area contributed by atoms with E-state index >= 15 is 0 Å². The number of carbonyl (C=O) groups excluding carboxylic acids is 2. The van der Waals surface area contributed by atoms with E-state index < -0.39 is 0 Å². The van der Waals surface area contributed by atoms with Gasteiger partial charge in [-0.25, -0.2) is 0 Å².